The molecule has 3 heterocycles. The van der Waals surface area contributed by atoms with Crippen LogP contribution in [-0.2, 0) is 19.3 Å². The predicted molar refractivity (Wildman–Crippen MR) is 103 cm³/mol. The Labute approximate surface area is 156 Å². The zero-order chi connectivity index (χ0) is 17.9. The van der Waals surface area contributed by atoms with Crippen LogP contribution in [0.15, 0.2) is 22.8 Å². The number of rotatable bonds is 6. The highest BCUT2D eigenvalue weighted by Gasteiger charge is 2.20. The number of nitrogens with one attached hydrogen (secondary N) is 2. The zero-order valence-electron chi connectivity index (χ0n) is 14.8. The lowest BCUT2D eigenvalue weighted by atomic mass is 9.97. The number of nitrogens with zero attached hydrogens (tertiary/aromatic N) is 2. The van der Waals surface area contributed by atoms with E-state index in [1.165, 1.54) is 34.9 Å². The molecule has 2 N–H and O–H groups in total. The molecule has 0 bridgehead atoms. The molecule has 0 atom stereocenters. The van der Waals surface area contributed by atoms with Gasteiger partial charge in [0.1, 0.15) is 16.5 Å². The molecule has 6 nitrogen and oxygen atoms in total. The molecule has 1 aliphatic carbocycles. The first-order chi connectivity index (χ1) is 12.8. The van der Waals surface area contributed by atoms with E-state index in [9.17, 15) is 4.79 Å². The minimum Gasteiger partial charge on any atom is -0.459 e. The first kappa shape index (κ1) is 17.0. The van der Waals surface area contributed by atoms with Gasteiger partial charge >= 0.3 is 0 Å². The standard InChI is InChI=1S/C19H22N4O2S/c1-2-15-22-17(20-9-10-21-18(24)13-7-5-11-25-13)16-12-6-3-4-8-14(12)26-19(16)23-15/h5,7,11H,2-4,6,8-10H2,1H3,(H,21,24)(H,20,22,23). The fraction of sp³-hybridized carbons (Fsp3) is 0.421. The fourth-order valence-electron chi connectivity index (χ4n) is 3.34. The first-order valence-electron chi connectivity index (χ1n) is 9.13. The molecule has 3 aromatic heterocycles. The van der Waals surface area contributed by atoms with Gasteiger partial charge in [0.05, 0.1) is 11.6 Å². The molecule has 0 saturated carbocycles. The van der Waals surface area contributed by atoms with Gasteiger partial charge in [-0.3, -0.25) is 4.79 Å². The first-order valence-corrected chi connectivity index (χ1v) is 9.94. The highest BCUT2D eigenvalue weighted by atomic mass is 32.1. The Kier molecular flexibility index (Phi) is 4.88. The van der Waals surface area contributed by atoms with Crippen LogP contribution in [0.25, 0.3) is 10.2 Å². The van der Waals surface area contributed by atoms with Crippen molar-refractivity contribution in [3.8, 4) is 0 Å². The van der Waals surface area contributed by atoms with Gasteiger partial charge < -0.3 is 15.1 Å². The van der Waals surface area contributed by atoms with Crippen LogP contribution >= 0.6 is 11.3 Å². The smallest absolute Gasteiger partial charge is 0.287 e. The highest BCUT2D eigenvalue weighted by Crippen LogP contribution is 2.38. The van der Waals surface area contributed by atoms with Gasteiger partial charge in [-0.1, -0.05) is 6.92 Å². The lowest BCUT2D eigenvalue weighted by Gasteiger charge is -2.13. The van der Waals surface area contributed by atoms with Gasteiger partial charge in [-0.25, -0.2) is 9.97 Å². The number of amides is 1. The van der Waals surface area contributed by atoms with Crippen molar-refractivity contribution in [2.45, 2.75) is 39.0 Å². The molecule has 0 spiro atoms. The van der Waals surface area contributed by atoms with Crippen LogP contribution in [0.3, 0.4) is 0 Å². The molecule has 0 saturated heterocycles. The lowest BCUT2D eigenvalue weighted by Crippen LogP contribution is -2.28. The van der Waals surface area contributed by atoms with Crippen LogP contribution in [0, 0.1) is 0 Å². The minimum atomic E-state index is -0.202. The van der Waals surface area contributed by atoms with Crippen molar-refractivity contribution in [3.05, 3.63) is 40.4 Å². The molecule has 4 rings (SSSR count). The van der Waals surface area contributed by atoms with E-state index in [0.29, 0.717) is 18.8 Å². The summed E-state index contributed by atoms with van der Waals surface area (Å²) in [6, 6.07) is 3.36. The monoisotopic (exact) mass is 370 g/mol. The van der Waals surface area contributed by atoms with Gasteiger partial charge in [0, 0.05) is 24.4 Å². The summed E-state index contributed by atoms with van der Waals surface area (Å²) in [5.74, 6) is 1.89. The maximum Gasteiger partial charge on any atom is 0.287 e. The highest BCUT2D eigenvalue weighted by molar-refractivity contribution is 7.19. The average Bonchev–Trinajstić information content (AvgIpc) is 3.32. The van der Waals surface area contributed by atoms with E-state index in [1.807, 2.05) is 11.3 Å². The number of hydrogen-bond acceptors (Lipinski definition) is 6. The van der Waals surface area contributed by atoms with E-state index in [4.69, 9.17) is 14.4 Å². The van der Waals surface area contributed by atoms with Crippen molar-refractivity contribution in [1.29, 1.82) is 0 Å². The number of anilines is 1. The topological polar surface area (TPSA) is 80.0 Å². The Hall–Kier alpha value is -2.41. The van der Waals surface area contributed by atoms with E-state index in [0.717, 1.165) is 35.7 Å². The predicted octanol–water partition coefficient (Wildman–Crippen LogP) is 3.57. The van der Waals surface area contributed by atoms with E-state index < -0.39 is 0 Å². The minimum absolute atomic E-state index is 0.202. The Balaban J connectivity index is 1.50. The molecular formula is C19H22N4O2S. The molecular weight excluding hydrogens is 348 g/mol. The van der Waals surface area contributed by atoms with Crippen LogP contribution in [0.2, 0.25) is 0 Å². The fourth-order valence-corrected chi connectivity index (χ4v) is 4.62. The number of carbonyl (C=O) groups is 1. The largest absolute Gasteiger partial charge is 0.459 e. The third-order valence-corrected chi connectivity index (χ3v) is 5.81. The number of furan rings is 1. The lowest BCUT2D eigenvalue weighted by molar-refractivity contribution is 0.0927. The SMILES string of the molecule is CCc1nc(NCCNC(=O)c2ccco2)c2c3c(sc2n1)CCCC3. The van der Waals surface area contributed by atoms with Crippen LogP contribution in [0.4, 0.5) is 5.82 Å². The van der Waals surface area contributed by atoms with Crippen molar-refractivity contribution >= 4 is 33.3 Å². The second-order valence-electron chi connectivity index (χ2n) is 6.39. The second kappa shape index (κ2) is 7.45. The summed E-state index contributed by atoms with van der Waals surface area (Å²) in [5.41, 5.74) is 1.42. The van der Waals surface area contributed by atoms with E-state index in [-0.39, 0.29) is 5.91 Å². The molecule has 0 radical (unpaired) electrons. The van der Waals surface area contributed by atoms with Gasteiger partial charge in [-0.15, -0.1) is 11.3 Å². The molecule has 136 valence electrons. The molecule has 1 aliphatic rings. The molecule has 3 aromatic rings. The Morgan fingerprint density at radius 2 is 2.15 bits per heavy atom. The third-order valence-electron chi connectivity index (χ3n) is 4.63. The maximum absolute atomic E-state index is 11.9. The van der Waals surface area contributed by atoms with E-state index in [2.05, 4.69) is 17.6 Å². The summed E-state index contributed by atoms with van der Waals surface area (Å²) < 4.78 is 5.10. The van der Waals surface area contributed by atoms with Gasteiger partial charge in [-0.2, -0.15) is 0 Å². The Morgan fingerprint density at radius 3 is 2.96 bits per heavy atom. The summed E-state index contributed by atoms with van der Waals surface area (Å²) >= 11 is 1.81. The number of aryl methyl sites for hydroxylation is 3. The summed E-state index contributed by atoms with van der Waals surface area (Å²) in [6.07, 6.45) is 7.05. The summed E-state index contributed by atoms with van der Waals surface area (Å²) in [6.45, 7) is 3.17. The van der Waals surface area contributed by atoms with Gasteiger partial charge in [0.15, 0.2) is 5.76 Å². The van der Waals surface area contributed by atoms with E-state index >= 15 is 0 Å². The van der Waals surface area contributed by atoms with Gasteiger partial charge in [0.25, 0.3) is 5.91 Å². The van der Waals surface area contributed by atoms with Crippen molar-refractivity contribution in [3.63, 3.8) is 0 Å². The number of fused-ring (bicyclic) bond motifs is 3. The molecule has 1 amide bonds. The van der Waals surface area contributed by atoms with Crippen LogP contribution in [-0.4, -0.2) is 29.0 Å². The van der Waals surface area contributed by atoms with Gasteiger partial charge in [0.2, 0.25) is 0 Å². The summed E-state index contributed by atoms with van der Waals surface area (Å²) in [7, 11) is 0. The second-order valence-corrected chi connectivity index (χ2v) is 7.48. The molecule has 0 aliphatic heterocycles. The number of aromatic nitrogens is 2. The maximum atomic E-state index is 11.9. The number of thiophene rings is 1. The van der Waals surface area contributed by atoms with Gasteiger partial charge in [-0.05, 0) is 43.4 Å². The number of carbonyl (C=O) groups excluding carboxylic acids is 1. The molecule has 0 unspecified atom stereocenters. The summed E-state index contributed by atoms with van der Waals surface area (Å²) in [5, 5.41) is 7.44. The average molecular weight is 370 g/mol. The summed E-state index contributed by atoms with van der Waals surface area (Å²) in [4.78, 5) is 23.9. The molecule has 0 aromatic carbocycles. The van der Waals surface area contributed by atoms with Crippen molar-refractivity contribution < 1.29 is 9.21 Å². The quantitative estimate of drug-likeness (QED) is 0.649. The van der Waals surface area contributed by atoms with E-state index in [1.54, 1.807) is 12.1 Å². The Morgan fingerprint density at radius 1 is 1.27 bits per heavy atom. The molecule has 7 heteroatoms. The number of hydrogen-bond donors (Lipinski definition) is 2. The van der Waals surface area contributed by atoms with Crippen molar-refractivity contribution in [2.75, 3.05) is 18.4 Å². The van der Waals surface area contributed by atoms with Crippen LogP contribution < -0.4 is 10.6 Å². The van der Waals surface area contributed by atoms with Crippen LogP contribution in [0.1, 0.15) is 46.6 Å². The molecule has 26 heavy (non-hydrogen) atoms. The van der Waals surface area contributed by atoms with Crippen molar-refractivity contribution in [2.24, 2.45) is 0 Å². The van der Waals surface area contributed by atoms with Crippen LogP contribution in [0.5, 0.6) is 0 Å². The normalized spacial score (nSPS) is 13.6. The zero-order valence-corrected chi connectivity index (χ0v) is 15.6. The Bertz CT molecular complexity index is 917. The molecule has 0 fully saturated rings. The van der Waals surface area contributed by atoms with Crippen molar-refractivity contribution in [1.82, 2.24) is 15.3 Å². The third kappa shape index (κ3) is 3.31.